The molecule has 0 saturated carbocycles. The van der Waals surface area contributed by atoms with Gasteiger partial charge in [0.2, 0.25) is 5.89 Å². The van der Waals surface area contributed by atoms with E-state index in [2.05, 4.69) is 10.1 Å². The van der Waals surface area contributed by atoms with Gasteiger partial charge in [0.1, 0.15) is 29.8 Å². The van der Waals surface area contributed by atoms with Gasteiger partial charge < -0.3 is 18.6 Å². The van der Waals surface area contributed by atoms with Gasteiger partial charge in [0.25, 0.3) is 5.91 Å². The van der Waals surface area contributed by atoms with Crippen LogP contribution in [0.4, 0.5) is 4.39 Å². The fourth-order valence-electron chi connectivity index (χ4n) is 2.17. The van der Waals surface area contributed by atoms with Crippen LogP contribution in [0.3, 0.4) is 0 Å². The number of carbonyl (C=O) groups excluding carboxylic acids is 1. The van der Waals surface area contributed by atoms with Crippen LogP contribution in [0.2, 0.25) is 0 Å². The topological polar surface area (TPSA) is 81.6 Å². The summed E-state index contributed by atoms with van der Waals surface area (Å²) in [5.74, 6) is -0.154. The Hall–Kier alpha value is -3.16. The Balaban J connectivity index is 1.63. The van der Waals surface area contributed by atoms with Gasteiger partial charge in [-0.15, -0.1) is 0 Å². The Morgan fingerprint density at radius 1 is 1.40 bits per heavy atom. The van der Waals surface area contributed by atoms with Gasteiger partial charge in [0.05, 0.1) is 6.04 Å². The number of oxazole rings is 1. The molecule has 0 aliphatic carbocycles. The molecule has 1 atom stereocenters. The maximum Gasteiger partial charge on any atom is 0.276 e. The van der Waals surface area contributed by atoms with Crippen LogP contribution in [-0.4, -0.2) is 28.0 Å². The van der Waals surface area contributed by atoms with Crippen molar-refractivity contribution < 1.29 is 22.9 Å². The van der Waals surface area contributed by atoms with E-state index < -0.39 is 5.82 Å². The number of amides is 1. The lowest BCUT2D eigenvalue weighted by Gasteiger charge is -2.21. The molecule has 0 fully saturated rings. The second-order valence-electron chi connectivity index (χ2n) is 5.39. The van der Waals surface area contributed by atoms with Crippen molar-refractivity contribution >= 4 is 5.91 Å². The average molecular weight is 345 g/mol. The summed E-state index contributed by atoms with van der Waals surface area (Å²) in [5.41, 5.74) is 0.782. The number of hydrogen-bond acceptors (Lipinski definition) is 6. The van der Waals surface area contributed by atoms with Crippen LogP contribution < -0.4 is 4.74 Å². The van der Waals surface area contributed by atoms with Gasteiger partial charge >= 0.3 is 0 Å². The maximum atomic E-state index is 13.1. The van der Waals surface area contributed by atoms with Gasteiger partial charge in [0.15, 0.2) is 12.3 Å². The Morgan fingerprint density at radius 2 is 2.24 bits per heavy atom. The molecule has 0 aliphatic rings. The van der Waals surface area contributed by atoms with Crippen molar-refractivity contribution in [2.75, 3.05) is 7.05 Å². The molecule has 3 rings (SSSR count). The number of rotatable bonds is 6. The highest BCUT2D eigenvalue weighted by atomic mass is 19.1. The molecule has 0 aliphatic heterocycles. The molecule has 1 amide bonds. The van der Waals surface area contributed by atoms with E-state index in [0.717, 1.165) is 0 Å². The summed E-state index contributed by atoms with van der Waals surface area (Å²) in [6, 6.07) is 7.13. The Kier molecular flexibility index (Phi) is 4.78. The molecule has 3 aromatic rings. The van der Waals surface area contributed by atoms with Gasteiger partial charge in [0, 0.05) is 19.2 Å². The lowest BCUT2D eigenvalue weighted by atomic mass is 10.2. The number of halogens is 1. The van der Waals surface area contributed by atoms with Crippen LogP contribution in [0, 0.1) is 5.82 Å². The van der Waals surface area contributed by atoms with Crippen molar-refractivity contribution in [2.24, 2.45) is 0 Å². The SMILES string of the molecule is C[C@H](c1ccon1)N(C)C(=O)c1coc(COc2cccc(F)c2)n1. The Bertz CT molecular complexity index is 847. The van der Waals surface area contributed by atoms with Crippen molar-refractivity contribution in [3.63, 3.8) is 0 Å². The van der Waals surface area contributed by atoms with E-state index in [-0.39, 0.29) is 30.1 Å². The summed E-state index contributed by atoms with van der Waals surface area (Å²) in [5, 5.41) is 3.83. The van der Waals surface area contributed by atoms with Crippen molar-refractivity contribution in [2.45, 2.75) is 19.6 Å². The lowest BCUT2D eigenvalue weighted by molar-refractivity contribution is 0.0731. The first-order valence-electron chi connectivity index (χ1n) is 7.55. The molecular formula is C17H16FN3O4. The lowest BCUT2D eigenvalue weighted by Crippen LogP contribution is -2.30. The molecule has 130 valence electrons. The zero-order valence-corrected chi connectivity index (χ0v) is 13.7. The molecule has 25 heavy (non-hydrogen) atoms. The quantitative estimate of drug-likeness (QED) is 0.682. The minimum Gasteiger partial charge on any atom is -0.484 e. The molecule has 0 radical (unpaired) electrons. The minimum absolute atomic E-state index is 0.0146. The summed E-state index contributed by atoms with van der Waals surface area (Å²) in [7, 11) is 1.64. The van der Waals surface area contributed by atoms with Gasteiger partial charge in [-0.1, -0.05) is 11.2 Å². The second-order valence-corrected chi connectivity index (χ2v) is 5.39. The second kappa shape index (κ2) is 7.16. The number of carbonyl (C=O) groups is 1. The predicted molar refractivity (Wildman–Crippen MR) is 84.2 cm³/mol. The molecule has 0 bridgehead atoms. The van der Waals surface area contributed by atoms with Gasteiger partial charge in [-0.3, -0.25) is 4.79 Å². The molecule has 0 saturated heterocycles. The van der Waals surface area contributed by atoms with E-state index in [1.54, 1.807) is 19.2 Å². The first kappa shape index (κ1) is 16.7. The minimum atomic E-state index is -0.399. The van der Waals surface area contributed by atoms with E-state index in [1.807, 2.05) is 6.92 Å². The van der Waals surface area contributed by atoms with Crippen molar-refractivity contribution in [3.8, 4) is 5.75 Å². The van der Waals surface area contributed by atoms with Crippen LogP contribution in [0.25, 0.3) is 0 Å². The third kappa shape index (κ3) is 3.85. The smallest absolute Gasteiger partial charge is 0.276 e. The van der Waals surface area contributed by atoms with Crippen molar-refractivity contribution in [1.29, 1.82) is 0 Å². The summed E-state index contributed by atoms with van der Waals surface area (Å²) in [6.45, 7) is 1.81. The van der Waals surface area contributed by atoms with Gasteiger partial charge in [-0.05, 0) is 19.1 Å². The highest BCUT2D eigenvalue weighted by molar-refractivity contribution is 5.92. The average Bonchev–Trinajstić information content (AvgIpc) is 3.30. The molecule has 8 heteroatoms. The zero-order valence-electron chi connectivity index (χ0n) is 13.7. The molecule has 0 spiro atoms. The number of hydrogen-bond donors (Lipinski definition) is 0. The number of aromatic nitrogens is 2. The highest BCUT2D eigenvalue weighted by Crippen LogP contribution is 2.19. The van der Waals surface area contributed by atoms with E-state index in [9.17, 15) is 9.18 Å². The van der Waals surface area contributed by atoms with Crippen LogP contribution in [0.5, 0.6) is 5.75 Å². The van der Waals surface area contributed by atoms with Crippen LogP contribution >= 0.6 is 0 Å². The first-order chi connectivity index (χ1) is 12.0. The van der Waals surface area contributed by atoms with E-state index in [4.69, 9.17) is 13.7 Å². The number of nitrogens with zero attached hydrogens (tertiary/aromatic N) is 3. The highest BCUT2D eigenvalue weighted by Gasteiger charge is 2.23. The summed E-state index contributed by atoms with van der Waals surface area (Å²) >= 11 is 0. The number of benzene rings is 1. The Labute approximate surface area is 143 Å². The summed E-state index contributed by atoms with van der Waals surface area (Å²) in [4.78, 5) is 18.1. The fourth-order valence-corrected chi connectivity index (χ4v) is 2.17. The van der Waals surface area contributed by atoms with E-state index in [1.165, 1.54) is 35.6 Å². The van der Waals surface area contributed by atoms with Crippen LogP contribution in [0.15, 0.2) is 51.8 Å². The molecule has 0 N–H and O–H groups in total. The molecule has 1 aromatic carbocycles. The largest absolute Gasteiger partial charge is 0.484 e. The molecule has 0 unspecified atom stereocenters. The van der Waals surface area contributed by atoms with Crippen molar-refractivity contribution in [3.05, 3.63) is 66.0 Å². The molecular weight excluding hydrogens is 329 g/mol. The first-order valence-corrected chi connectivity index (χ1v) is 7.55. The van der Waals surface area contributed by atoms with E-state index >= 15 is 0 Å². The standard InChI is InChI=1S/C17H16FN3O4/c1-11(14-6-7-25-20-14)21(2)17(22)15-9-24-16(19-15)10-23-13-5-3-4-12(18)8-13/h3-9,11H,10H2,1-2H3/t11-/m1/s1. The van der Waals surface area contributed by atoms with E-state index in [0.29, 0.717) is 11.4 Å². The summed E-state index contributed by atoms with van der Waals surface area (Å²) in [6.07, 6.45) is 2.71. The van der Waals surface area contributed by atoms with Gasteiger partial charge in [-0.2, -0.15) is 0 Å². The summed E-state index contributed by atoms with van der Waals surface area (Å²) < 4.78 is 28.5. The molecule has 2 heterocycles. The zero-order chi connectivity index (χ0) is 17.8. The maximum absolute atomic E-state index is 13.1. The fraction of sp³-hybridized carbons (Fsp3) is 0.235. The number of ether oxygens (including phenoxy) is 1. The normalized spacial score (nSPS) is 12.0. The molecule has 2 aromatic heterocycles. The Morgan fingerprint density at radius 3 is 2.96 bits per heavy atom. The third-order valence-corrected chi connectivity index (χ3v) is 3.72. The monoisotopic (exact) mass is 345 g/mol. The third-order valence-electron chi connectivity index (χ3n) is 3.72. The van der Waals surface area contributed by atoms with Crippen LogP contribution in [-0.2, 0) is 6.61 Å². The molecule has 7 nitrogen and oxygen atoms in total. The van der Waals surface area contributed by atoms with Crippen LogP contribution in [0.1, 0.15) is 35.0 Å². The van der Waals surface area contributed by atoms with Gasteiger partial charge in [-0.25, -0.2) is 9.37 Å². The van der Waals surface area contributed by atoms with Crippen molar-refractivity contribution in [1.82, 2.24) is 15.0 Å². The predicted octanol–water partition coefficient (Wildman–Crippen LogP) is 3.21.